The van der Waals surface area contributed by atoms with Crippen LogP contribution in [0.2, 0.25) is 0 Å². The first kappa shape index (κ1) is 25.9. The van der Waals surface area contributed by atoms with Crippen molar-refractivity contribution in [2.24, 2.45) is 5.10 Å². The lowest BCUT2D eigenvalue weighted by atomic mass is 9.82. The summed E-state index contributed by atoms with van der Waals surface area (Å²) in [4.78, 5) is 12.4. The van der Waals surface area contributed by atoms with E-state index in [0.717, 1.165) is 30.4 Å². The van der Waals surface area contributed by atoms with Crippen LogP contribution in [0.25, 0.3) is 0 Å². The van der Waals surface area contributed by atoms with Gasteiger partial charge in [-0.3, -0.25) is 9.52 Å². The fourth-order valence-corrected chi connectivity index (χ4v) is 5.12. The first-order chi connectivity index (χ1) is 15.9. The van der Waals surface area contributed by atoms with E-state index in [1.165, 1.54) is 0 Å². The molecule has 0 heterocycles. The van der Waals surface area contributed by atoms with Gasteiger partial charge in [-0.25, -0.2) is 13.8 Å². The van der Waals surface area contributed by atoms with Gasteiger partial charge in [0, 0.05) is 5.69 Å². The summed E-state index contributed by atoms with van der Waals surface area (Å²) in [6.45, 7) is 7.98. The third kappa shape index (κ3) is 6.90. The molecule has 2 aromatic carbocycles. The molecule has 0 radical (unpaired) electrons. The summed E-state index contributed by atoms with van der Waals surface area (Å²) in [6, 6.07) is 13.7. The van der Waals surface area contributed by atoms with Crippen LogP contribution in [-0.2, 0) is 20.2 Å². The van der Waals surface area contributed by atoms with Crippen LogP contribution >= 0.6 is 0 Å². The summed E-state index contributed by atoms with van der Waals surface area (Å²) in [5, 5.41) is 14.7. The van der Waals surface area contributed by atoms with Gasteiger partial charge in [0.25, 0.3) is 10.0 Å². The van der Waals surface area contributed by atoms with Crippen molar-refractivity contribution in [3.05, 3.63) is 59.7 Å². The lowest BCUT2D eigenvalue weighted by molar-refractivity contribution is -0.127. The second-order valence-corrected chi connectivity index (χ2v) is 11.8. The van der Waals surface area contributed by atoms with Gasteiger partial charge in [0.15, 0.2) is 0 Å². The van der Waals surface area contributed by atoms with E-state index in [2.05, 4.69) is 36.0 Å². The first-order valence-corrected chi connectivity index (χ1v) is 13.2. The van der Waals surface area contributed by atoms with Gasteiger partial charge in [-0.2, -0.15) is 5.10 Å². The average Bonchev–Trinajstić information content (AvgIpc) is 2.77. The van der Waals surface area contributed by atoms with Crippen LogP contribution in [0.3, 0.4) is 0 Å². The third-order valence-corrected chi connectivity index (χ3v) is 7.60. The van der Waals surface area contributed by atoms with Crippen LogP contribution in [0, 0.1) is 0 Å². The molecule has 1 aliphatic carbocycles. The highest BCUT2D eigenvalue weighted by atomic mass is 32.2. The zero-order chi connectivity index (χ0) is 25.0. The fraction of sp³-hybridized carbons (Fsp3) is 0.462. The van der Waals surface area contributed by atoms with E-state index in [1.54, 1.807) is 43.3 Å². The molecule has 3 rings (SSSR count). The first-order valence-electron chi connectivity index (χ1n) is 11.7. The molecule has 1 aliphatic rings. The predicted molar refractivity (Wildman–Crippen MR) is 135 cm³/mol. The van der Waals surface area contributed by atoms with Crippen molar-refractivity contribution in [2.75, 3.05) is 4.72 Å². The summed E-state index contributed by atoms with van der Waals surface area (Å²) < 4.78 is 28.1. The number of carbonyl (C=O) groups excluding carboxylic acids is 1. The van der Waals surface area contributed by atoms with E-state index >= 15 is 0 Å². The number of nitrogens with one attached hydrogen (secondary N) is 2. The van der Waals surface area contributed by atoms with Crippen molar-refractivity contribution in [1.29, 1.82) is 0 Å². The van der Waals surface area contributed by atoms with Crippen molar-refractivity contribution >= 4 is 27.3 Å². The lowest BCUT2D eigenvalue weighted by Gasteiger charge is -2.31. The van der Waals surface area contributed by atoms with Gasteiger partial charge >= 0.3 is 0 Å². The topological polar surface area (TPSA) is 108 Å². The van der Waals surface area contributed by atoms with Gasteiger partial charge in [-0.05, 0) is 60.6 Å². The summed E-state index contributed by atoms with van der Waals surface area (Å²) in [7, 11) is -3.71. The van der Waals surface area contributed by atoms with Crippen molar-refractivity contribution in [1.82, 2.24) is 5.43 Å². The SMILES string of the molecule is C/C(=N/NC(=O)CC1(O)CCCCC1)c1ccc(NS(=O)(=O)c2ccc(C(C)(C)C)cc2)cc1. The Kier molecular flexibility index (Phi) is 7.83. The molecule has 0 saturated heterocycles. The highest BCUT2D eigenvalue weighted by molar-refractivity contribution is 7.92. The Morgan fingerprint density at radius 2 is 1.59 bits per heavy atom. The highest BCUT2D eigenvalue weighted by Gasteiger charge is 2.31. The number of rotatable bonds is 7. The predicted octanol–water partition coefficient (Wildman–Crippen LogP) is 4.71. The molecule has 1 saturated carbocycles. The number of hydrogen-bond acceptors (Lipinski definition) is 5. The van der Waals surface area contributed by atoms with Crippen LogP contribution < -0.4 is 10.1 Å². The number of anilines is 1. The Labute approximate surface area is 202 Å². The normalized spacial score (nSPS) is 16.7. The minimum absolute atomic E-state index is 0.0429. The Morgan fingerprint density at radius 1 is 1.00 bits per heavy atom. The average molecular weight is 486 g/mol. The van der Waals surface area contributed by atoms with E-state index in [4.69, 9.17) is 0 Å². The minimum atomic E-state index is -3.71. The van der Waals surface area contributed by atoms with E-state index in [0.29, 0.717) is 24.2 Å². The molecule has 184 valence electrons. The number of sulfonamides is 1. The summed E-state index contributed by atoms with van der Waals surface area (Å²) in [6.07, 6.45) is 4.29. The van der Waals surface area contributed by atoms with Crippen LogP contribution in [-0.4, -0.2) is 30.7 Å². The molecule has 0 spiro atoms. The van der Waals surface area contributed by atoms with Gasteiger partial charge in [-0.1, -0.05) is 64.3 Å². The molecule has 1 fully saturated rings. The molecular formula is C26H35N3O4S. The molecule has 1 amide bonds. The Morgan fingerprint density at radius 3 is 2.15 bits per heavy atom. The molecule has 3 N–H and O–H groups in total. The number of hydrazone groups is 1. The number of aliphatic hydroxyl groups is 1. The van der Waals surface area contributed by atoms with Gasteiger partial charge in [0.2, 0.25) is 5.91 Å². The zero-order valence-electron chi connectivity index (χ0n) is 20.4. The molecule has 0 aromatic heterocycles. The smallest absolute Gasteiger partial charge is 0.261 e. The second-order valence-electron chi connectivity index (χ2n) is 10.2. The molecule has 8 heteroatoms. The molecule has 34 heavy (non-hydrogen) atoms. The zero-order valence-corrected chi connectivity index (χ0v) is 21.2. The maximum Gasteiger partial charge on any atom is 0.261 e. The maximum absolute atomic E-state index is 12.7. The van der Waals surface area contributed by atoms with Crippen LogP contribution in [0.5, 0.6) is 0 Å². The Bertz CT molecular complexity index is 1130. The summed E-state index contributed by atoms with van der Waals surface area (Å²) >= 11 is 0. The summed E-state index contributed by atoms with van der Waals surface area (Å²) in [5.41, 5.74) is 4.35. The quantitative estimate of drug-likeness (QED) is 0.390. The van der Waals surface area contributed by atoms with Crippen molar-refractivity contribution in [3.63, 3.8) is 0 Å². The van der Waals surface area contributed by atoms with Crippen LogP contribution in [0.15, 0.2) is 58.5 Å². The number of benzene rings is 2. The van der Waals surface area contributed by atoms with Crippen molar-refractivity contribution in [2.45, 2.75) is 82.1 Å². The lowest BCUT2D eigenvalue weighted by Crippen LogP contribution is -2.37. The number of nitrogens with zero attached hydrogens (tertiary/aromatic N) is 1. The number of hydrogen-bond donors (Lipinski definition) is 3. The molecule has 0 atom stereocenters. The Balaban J connectivity index is 1.61. The molecule has 0 bridgehead atoms. The van der Waals surface area contributed by atoms with Crippen molar-refractivity contribution < 1.29 is 18.3 Å². The van der Waals surface area contributed by atoms with E-state index in [1.807, 2.05) is 12.1 Å². The molecular weight excluding hydrogens is 450 g/mol. The molecule has 7 nitrogen and oxygen atoms in total. The van der Waals surface area contributed by atoms with E-state index in [-0.39, 0.29) is 22.6 Å². The van der Waals surface area contributed by atoms with Gasteiger partial charge in [0.1, 0.15) is 0 Å². The Hall–Kier alpha value is -2.71. The fourth-order valence-electron chi connectivity index (χ4n) is 4.06. The summed E-state index contributed by atoms with van der Waals surface area (Å²) in [5.74, 6) is -0.314. The van der Waals surface area contributed by atoms with E-state index < -0.39 is 15.6 Å². The van der Waals surface area contributed by atoms with Crippen LogP contribution in [0.4, 0.5) is 5.69 Å². The maximum atomic E-state index is 12.7. The monoisotopic (exact) mass is 485 g/mol. The highest BCUT2D eigenvalue weighted by Crippen LogP contribution is 2.30. The van der Waals surface area contributed by atoms with E-state index in [9.17, 15) is 18.3 Å². The number of carbonyl (C=O) groups is 1. The third-order valence-electron chi connectivity index (χ3n) is 6.21. The minimum Gasteiger partial charge on any atom is -0.389 e. The number of amides is 1. The van der Waals surface area contributed by atoms with Gasteiger partial charge in [0.05, 0.1) is 22.6 Å². The van der Waals surface area contributed by atoms with Gasteiger partial charge < -0.3 is 5.11 Å². The molecule has 0 unspecified atom stereocenters. The molecule has 0 aliphatic heterocycles. The standard InChI is InChI=1S/C26H35N3O4S/c1-19(27-28-24(30)18-26(31)16-6-5-7-17-26)20-8-12-22(13-9-20)29-34(32,33)23-14-10-21(11-15-23)25(2,3)4/h8-15,29,31H,5-7,16-18H2,1-4H3,(H,28,30)/b27-19-. The van der Waals surface area contributed by atoms with Crippen molar-refractivity contribution in [3.8, 4) is 0 Å². The van der Waals surface area contributed by atoms with Crippen LogP contribution in [0.1, 0.15) is 77.3 Å². The second kappa shape index (κ2) is 10.3. The largest absolute Gasteiger partial charge is 0.389 e. The molecule has 2 aromatic rings. The van der Waals surface area contributed by atoms with Gasteiger partial charge in [-0.15, -0.1) is 0 Å².